The molecular formula is C16H17N5O2. The van der Waals surface area contributed by atoms with Crippen LogP contribution >= 0.6 is 0 Å². The van der Waals surface area contributed by atoms with Crippen LogP contribution in [0, 0.1) is 0 Å². The Bertz CT molecular complexity index is 781. The zero-order valence-electron chi connectivity index (χ0n) is 12.6. The van der Waals surface area contributed by atoms with Crippen LogP contribution in [-0.2, 0) is 0 Å². The van der Waals surface area contributed by atoms with E-state index in [-0.39, 0.29) is 0 Å². The summed E-state index contributed by atoms with van der Waals surface area (Å²) in [6.45, 7) is 0. The minimum absolute atomic E-state index is 0.347. The van der Waals surface area contributed by atoms with Crippen LogP contribution in [0.1, 0.15) is 32.1 Å². The molecule has 0 aliphatic heterocycles. The molecule has 2 aromatic heterocycles. The average Bonchev–Trinajstić information content (AvgIpc) is 3.05. The Kier molecular flexibility index (Phi) is 3.75. The number of aromatic nitrogens is 5. The third-order valence-corrected chi connectivity index (χ3v) is 3.95. The fourth-order valence-electron chi connectivity index (χ4n) is 2.77. The maximum absolute atomic E-state index is 6.01. The molecule has 0 N–H and O–H groups in total. The molecule has 2 heterocycles. The topological polar surface area (TPSA) is 74.4 Å². The van der Waals surface area contributed by atoms with Gasteiger partial charge in [0.2, 0.25) is 5.88 Å². The van der Waals surface area contributed by atoms with E-state index in [0.29, 0.717) is 23.4 Å². The molecular weight excluding hydrogens is 294 g/mol. The van der Waals surface area contributed by atoms with Gasteiger partial charge >= 0.3 is 0 Å². The Labute approximate surface area is 133 Å². The van der Waals surface area contributed by atoms with Gasteiger partial charge in [0.15, 0.2) is 5.65 Å². The van der Waals surface area contributed by atoms with Crippen LogP contribution < -0.4 is 9.47 Å². The van der Waals surface area contributed by atoms with Crippen LogP contribution in [0.3, 0.4) is 0 Å². The van der Waals surface area contributed by atoms with Crippen LogP contribution in [0.4, 0.5) is 0 Å². The van der Waals surface area contributed by atoms with E-state index in [1.807, 2.05) is 24.3 Å². The number of benzene rings is 1. The molecule has 23 heavy (non-hydrogen) atoms. The first kappa shape index (κ1) is 13.9. The number of rotatable bonds is 4. The lowest BCUT2D eigenvalue weighted by atomic mass is 9.98. The van der Waals surface area contributed by atoms with Crippen LogP contribution in [-0.4, -0.2) is 31.4 Å². The van der Waals surface area contributed by atoms with Crippen LogP contribution in [0.25, 0.3) is 5.65 Å². The third-order valence-electron chi connectivity index (χ3n) is 3.95. The summed E-state index contributed by atoms with van der Waals surface area (Å²) in [5.41, 5.74) is 0.577. The third kappa shape index (κ3) is 3.23. The van der Waals surface area contributed by atoms with E-state index in [1.165, 1.54) is 23.9 Å². The zero-order chi connectivity index (χ0) is 15.5. The summed E-state index contributed by atoms with van der Waals surface area (Å²) < 4.78 is 13.1. The van der Waals surface area contributed by atoms with E-state index in [1.54, 1.807) is 12.1 Å². The largest absolute Gasteiger partial charge is 0.490 e. The van der Waals surface area contributed by atoms with Gasteiger partial charge in [-0.05, 0) is 66.4 Å². The smallest absolute Gasteiger partial charge is 0.239 e. The quantitative estimate of drug-likeness (QED) is 0.737. The average molecular weight is 311 g/mol. The first-order valence-electron chi connectivity index (χ1n) is 7.87. The van der Waals surface area contributed by atoms with Crippen molar-refractivity contribution >= 4 is 5.65 Å². The van der Waals surface area contributed by atoms with Crippen LogP contribution in [0.15, 0.2) is 36.4 Å². The van der Waals surface area contributed by atoms with Crippen molar-refractivity contribution in [3.8, 4) is 17.4 Å². The molecule has 1 saturated carbocycles. The summed E-state index contributed by atoms with van der Waals surface area (Å²) in [7, 11) is 0. The predicted octanol–water partition coefficient (Wildman–Crippen LogP) is 3.02. The van der Waals surface area contributed by atoms with E-state index < -0.39 is 0 Å². The molecule has 0 bridgehead atoms. The second kappa shape index (κ2) is 6.20. The summed E-state index contributed by atoms with van der Waals surface area (Å²) in [6, 6.07) is 11.1. The van der Waals surface area contributed by atoms with Gasteiger partial charge in [-0.1, -0.05) is 6.42 Å². The summed E-state index contributed by atoms with van der Waals surface area (Å²) in [6.07, 6.45) is 6.49. The molecule has 7 nitrogen and oxygen atoms in total. The van der Waals surface area contributed by atoms with Crippen molar-refractivity contribution in [2.45, 2.75) is 38.2 Å². The van der Waals surface area contributed by atoms with E-state index in [9.17, 15) is 0 Å². The van der Waals surface area contributed by atoms with Gasteiger partial charge < -0.3 is 9.47 Å². The summed E-state index contributed by atoms with van der Waals surface area (Å²) in [5, 5.41) is 15.3. The molecule has 1 aromatic carbocycles. The van der Waals surface area contributed by atoms with Gasteiger partial charge in [-0.3, -0.25) is 0 Å². The van der Waals surface area contributed by atoms with Crippen molar-refractivity contribution in [3.63, 3.8) is 0 Å². The first-order valence-corrected chi connectivity index (χ1v) is 7.87. The van der Waals surface area contributed by atoms with E-state index in [4.69, 9.17) is 9.47 Å². The fraction of sp³-hybridized carbons (Fsp3) is 0.375. The molecule has 0 unspecified atom stereocenters. The van der Waals surface area contributed by atoms with E-state index in [2.05, 4.69) is 20.6 Å². The fourth-order valence-corrected chi connectivity index (χ4v) is 2.77. The molecule has 1 aliphatic carbocycles. The minimum atomic E-state index is 0.347. The lowest BCUT2D eigenvalue weighted by molar-refractivity contribution is 0.155. The van der Waals surface area contributed by atoms with Gasteiger partial charge in [-0.25, -0.2) is 0 Å². The van der Waals surface area contributed by atoms with Crippen molar-refractivity contribution in [1.82, 2.24) is 25.3 Å². The lowest BCUT2D eigenvalue weighted by Crippen LogP contribution is -2.19. The Balaban J connectivity index is 1.42. The second-order valence-corrected chi connectivity index (χ2v) is 5.65. The lowest BCUT2D eigenvalue weighted by Gasteiger charge is -2.23. The summed E-state index contributed by atoms with van der Waals surface area (Å²) in [5.74, 6) is 2.01. The predicted molar refractivity (Wildman–Crippen MR) is 82.6 cm³/mol. The molecule has 1 aliphatic rings. The van der Waals surface area contributed by atoms with Gasteiger partial charge in [0, 0.05) is 6.07 Å². The highest BCUT2D eigenvalue weighted by Crippen LogP contribution is 2.26. The Morgan fingerprint density at radius 2 is 1.70 bits per heavy atom. The Hall–Kier alpha value is -2.70. The van der Waals surface area contributed by atoms with Crippen molar-refractivity contribution in [2.75, 3.05) is 0 Å². The highest BCUT2D eigenvalue weighted by Gasteiger charge is 2.14. The molecule has 0 spiro atoms. The molecule has 0 radical (unpaired) electrons. The summed E-state index contributed by atoms with van der Waals surface area (Å²) in [4.78, 5) is 0. The van der Waals surface area contributed by atoms with Crippen LogP contribution in [0.5, 0.6) is 17.4 Å². The molecule has 118 valence electrons. The first-order chi connectivity index (χ1) is 11.4. The maximum Gasteiger partial charge on any atom is 0.239 e. The van der Waals surface area contributed by atoms with Gasteiger partial charge in [-0.2, -0.15) is 0 Å². The number of tetrazole rings is 1. The Morgan fingerprint density at radius 1 is 0.913 bits per heavy atom. The number of fused-ring (bicyclic) bond motifs is 1. The van der Waals surface area contributed by atoms with Gasteiger partial charge in [0.05, 0.1) is 6.10 Å². The van der Waals surface area contributed by atoms with E-state index in [0.717, 1.165) is 18.6 Å². The SMILES string of the molecule is c1cc(OC2CCCCC2)ccc1Oc1ccc2nnnn2n1. The molecule has 1 fully saturated rings. The van der Waals surface area contributed by atoms with Crippen molar-refractivity contribution < 1.29 is 9.47 Å². The summed E-state index contributed by atoms with van der Waals surface area (Å²) >= 11 is 0. The molecule has 0 saturated heterocycles. The van der Waals surface area contributed by atoms with Gasteiger partial charge in [-0.15, -0.1) is 14.8 Å². The normalized spacial score (nSPS) is 15.7. The maximum atomic E-state index is 6.01. The standard InChI is InChI=1S/C16H17N5O2/c1-2-4-12(5-3-1)22-13-6-8-14(9-7-13)23-16-11-10-15-17-19-20-21(15)18-16/h6-12H,1-5H2. The Morgan fingerprint density at radius 3 is 2.52 bits per heavy atom. The van der Waals surface area contributed by atoms with Crippen molar-refractivity contribution in [1.29, 1.82) is 0 Å². The van der Waals surface area contributed by atoms with E-state index >= 15 is 0 Å². The minimum Gasteiger partial charge on any atom is -0.490 e. The van der Waals surface area contributed by atoms with Gasteiger partial charge in [0.25, 0.3) is 0 Å². The van der Waals surface area contributed by atoms with Gasteiger partial charge in [0.1, 0.15) is 11.5 Å². The van der Waals surface area contributed by atoms with Crippen LogP contribution in [0.2, 0.25) is 0 Å². The highest BCUT2D eigenvalue weighted by atomic mass is 16.5. The highest BCUT2D eigenvalue weighted by molar-refractivity contribution is 5.37. The second-order valence-electron chi connectivity index (χ2n) is 5.65. The number of hydrogen-bond acceptors (Lipinski definition) is 6. The van der Waals surface area contributed by atoms with Crippen molar-refractivity contribution in [2.24, 2.45) is 0 Å². The van der Waals surface area contributed by atoms with Crippen molar-refractivity contribution in [3.05, 3.63) is 36.4 Å². The number of nitrogens with zero attached hydrogens (tertiary/aromatic N) is 5. The number of ether oxygens (including phenoxy) is 2. The molecule has 0 atom stereocenters. The molecule has 3 aromatic rings. The molecule has 0 amide bonds. The molecule has 4 rings (SSSR count). The molecule has 7 heteroatoms. The zero-order valence-corrected chi connectivity index (χ0v) is 12.6. The number of hydrogen-bond donors (Lipinski definition) is 0. The monoisotopic (exact) mass is 311 g/mol.